The second kappa shape index (κ2) is 10.2. The summed E-state index contributed by atoms with van der Waals surface area (Å²) in [6, 6.07) is 13.5. The molecule has 0 saturated carbocycles. The van der Waals surface area contributed by atoms with Gasteiger partial charge in [-0.15, -0.1) is 0 Å². The predicted molar refractivity (Wildman–Crippen MR) is 149 cm³/mol. The van der Waals surface area contributed by atoms with Gasteiger partial charge in [-0.3, -0.25) is 9.36 Å². The summed E-state index contributed by atoms with van der Waals surface area (Å²) in [7, 11) is 0. The van der Waals surface area contributed by atoms with Gasteiger partial charge in [0.05, 0.1) is 28.5 Å². The number of ether oxygens (including phenoxy) is 3. The van der Waals surface area contributed by atoms with Crippen molar-refractivity contribution in [3.05, 3.63) is 102 Å². The lowest BCUT2D eigenvalue weighted by molar-refractivity contribution is -0.139. The van der Waals surface area contributed by atoms with Gasteiger partial charge >= 0.3 is 5.97 Å². The van der Waals surface area contributed by atoms with Crippen molar-refractivity contribution in [2.45, 2.75) is 26.8 Å². The molecule has 6 rings (SSSR count). The number of furan rings is 1. The second-order valence-electron chi connectivity index (χ2n) is 9.25. The molecule has 10 nitrogen and oxygen atoms in total. The minimum Gasteiger partial charge on any atom is -0.761 e. The number of aryl methyl sites for hydroxylation is 1. The number of nitrogens with zero attached hydrogens (tertiary/aromatic N) is 2. The average Bonchev–Trinajstić information content (AvgIpc) is 3.68. The zero-order chi connectivity index (χ0) is 28.0. The van der Waals surface area contributed by atoms with E-state index < -0.39 is 12.0 Å². The first-order valence-electron chi connectivity index (χ1n) is 12.6. The Labute approximate surface area is 232 Å². The van der Waals surface area contributed by atoms with Crippen molar-refractivity contribution < 1.29 is 23.4 Å². The average molecular weight is 559 g/mol. The number of allylic oxidation sites excluding steroid dienone is 1. The first kappa shape index (κ1) is 25.7. The van der Waals surface area contributed by atoms with Crippen molar-refractivity contribution in [3.8, 4) is 22.8 Å². The summed E-state index contributed by atoms with van der Waals surface area (Å²) < 4.78 is 24.2. The van der Waals surface area contributed by atoms with Gasteiger partial charge in [-0.1, -0.05) is 29.5 Å². The molecule has 0 fully saturated rings. The number of hydrogen-bond acceptors (Lipinski definition) is 10. The number of fused-ring (bicyclic) bond motifs is 2. The third-order valence-electron chi connectivity index (χ3n) is 6.76. The highest BCUT2D eigenvalue weighted by atomic mass is 32.1. The molecule has 0 radical (unpaired) electrons. The van der Waals surface area contributed by atoms with Gasteiger partial charge in [0.25, 0.3) is 5.56 Å². The van der Waals surface area contributed by atoms with Gasteiger partial charge in [0.2, 0.25) is 6.79 Å². The molecule has 1 N–H and O–H groups in total. The Morgan fingerprint density at radius 1 is 1.18 bits per heavy atom. The third kappa shape index (κ3) is 4.38. The number of nitrogens with one attached hydrogen (secondary N) is 1. The Morgan fingerprint density at radius 2 is 2.00 bits per heavy atom. The number of carbonyl (C=O) groups excluding carboxylic acids is 1. The summed E-state index contributed by atoms with van der Waals surface area (Å²) in [4.78, 5) is 32.0. The largest absolute Gasteiger partial charge is 0.761 e. The predicted octanol–water partition coefficient (Wildman–Crippen LogP) is 4.01. The van der Waals surface area contributed by atoms with Crippen LogP contribution in [0.3, 0.4) is 0 Å². The monoisotopic (exact) mass is 558 g/mol. The smallest absolute Gasteiger partial charge is 0.338 e. The van der Waals surface area contributed by atoms with Crippen LogP contribution in [0.1, 0.15) is 36.8 Å². The lowest BCUT2D eigenvalue weighted by Gasteiger charge is -2.24. The summed E-state index contributed by atoms with van der Waals surface area (Å²) in [5.74, 6) is 1.59. The van der Waals surface area contributed by atoms with Crippen LogP contribution in [-0.4, -0.2) is 23.9 Å². The fourth-order valence-electron chi connectivity index (χ4n) is 4.79. The van der Waals surface area contributed by atoms with Crippen LogP contribution in [-0.2, 0) is 9.53 Å². The first-order chi connectivity index (χ1) is 19.4. The number of hydrogen-bond donors (Lipinski definition) is 1. The summed E-state index contributed by atoms with van der Waals surface area (Å²) >= 11 is 1.20. The molecular formula is C29H24N3O7S-. The molecule has 2 aliphatic rings. The molecule has 0 bridgehead atoms. The number of benzene rings is 2. The van der Waals surface area contributed by atoms with Crippen LogP contribution in [0, 0.1) is 12.1 Å². The second-order valence-corrected chi connectivity index (χ2v) is 10.3. The zero-order valence-electron chi connectivity index (χ0n) is 21.8. The fraction of sp³-hybridized carbons (Fsp3) is 0.207. The van der Waals surface area contributed by atoms with Crippen LogP contribution in [0.5, 0.6) is 11.5 Å². The molecule has 2 aromatic heterocycles. The van der Waals surface area contributed by atoms with E-state index in [1.54, 1.807) is 56.3 Å². The quantitative estimate of drug-likeness (QED) is 0.278. The maximum absolute atomic E-state index is 13.8. The van der Waals surface area contributed by atoms with Crippen LogP contribution in [0.15, 0.2) is 74.0 Å². The van der Waals surface area contributed by atoms with E-state index >= 15 is 0 Å². The Hall–Kier alpha value is -4.61. The number of carbonyl (C=O) groups is 1. The van der Waals surface area contributed by atoms with E-state index in [9.17, 15) is 14.8 Å². The number of aromatic nitrogens is 1. The summed E-state index contributed by atoms with van der Waals surface area (Å²) in [5.41, 5.74) is 5.03. The molecule has 204 valence electrons. The molecular weight excluding hydrogens is 534 g/mol. The van der Waals surface area contributed by atoms with Crippen LogP contribution in [0.25, 0.3) is 17.4 Å². The summed E-state index contributed by atoms with van der Waals surface area (Å²) in [5, 5.41) is 11.2. The fourth-order valence-corrected chi connectivity index (χ4v) is 5.82. The van der Waals surface area contributed by atoms with E-state index in [4.69, 9.17) is 18.6 Å². The van der Waals surface area contributed by atoms with E-state index in [2.05, 4.69) is 4.99 Å². The normalized spacial score (nSPS) is 16.1. The van der Waals surface area contributed by atoms with Crippen LogP contribution < -0.4 is 29.8 Å². The lowest BCUT2D eigenvalue weighted by atomic mass is 9.95. The minimum absolute atomic E-state index is 0.101. The first-order valence-corrected chi connectivity index (χ1v) is 13.4. The highest BCUT2D eigenvalue weighted by Crippen LogP contribution is 2.38. The van der Waals surface area contributed by atoms with Crippen molar-refractivity contribution >= 4 is 29.1 Å². The molecule has 2 aliphatic heterocycles. The van der Waals surface area contributed by atoms with E-state index in [-0.39, 0.29) is 24.5 Å². The van der Waals surface area contributed by atoms with Gasteiger partial charge in [-0.05, 0) is 62.2 Å². The van der Waals surface area contributed by atoms with Gasteiger partial charge in [0.1, 0.15) is 11.5 Å². The molecule has 0 amide bonds. The lowest BCUT2D eigenvalue weighted by Crippen LogP contribution is -2.39. The summed E-state index contributed by atoms with van der Waals surface area (Å²) in [6.45, 7) is 5.58. The van der Waals surface area contributed by atoms with Crippen LogP contribution in [0.4, 0.5) is 5.69 Å². The van der Waals surface area contributed by atoms with Crippen molar-refractivity contribution in [3.63, 3.8) is 0 Å². The number of esters is 1. The molecule has 4 heterocycles. The summed E-state index contributed by atoms with van der Waals surface area (Å²) in [6.07, 6.45) is 1.65. The Morgan fingerprint density at radius 3 is 2.80 bits per heavy atom. The highest BCUT2D eigenvalue weighted by Gasteiger charge is 2.34. The molecule has 1 atom stereocenters. The maximum atomic E-state index is 13.8. The molecule has 11 heteroatoms. The van der Waals surface area contributed by atoms with Gasteiger partial charge in [-0.25, -0.2) is 9.79 Å². The minimum atomic E-state index is -0.773. The highest BCUT2D eigenvalue weighted by molar-refractivity contribution is 7.07. The molecule has 2 aromatic carbocycles. The van der Waals surface area contributed by atoms with Gasteiger partial charge in [0.15, 0.2) is 16.3 Å². The van der Waals surface area contributed by atoms with E-state index in [0.717, 1.165) is 11.1 Å². The number of rotatable bonds is 6. The maximum Gasteiger partial charge on any atom is 0.338 e. The molecule has 1 unspecified atom stereocenters. The van der Waals surface area contributed by atoms with E-state index in [0.29, 0.717) is 49.3 Å². The molecule has 0 saturated heterocycles. The Kier molecular flexibility index (Phi) is 6.53. The molecule has 4 aromatic rings. The Balaban J connectivity index is 1.46. The van der Waals surface area contributed by atoms with E-state index in [1.165, 1.54) is 15.9 Å². The third-order valence-corrected chi connectivity index (χ3v) is 7.74. The standard InChI is InChI=1S/C29H24N3O7S/c1-4-36-28(34)25-16(3)30-29-32(26(25)18-7-9-22-23(12-18)38-14-37-22)27(33)24(40-29)13-19-8-10-21(39-19)17-6-5-15(2)20(11-17)31-35/h5-13,26,31H,4,14H2,1-3H3/q-1/b24-13-. The topological polar surface area (TPSA) is 127 Å². The molecule has 40 heavy (non-hydrogen) atoms. The number of anilines is 1. The van der Waals surface area contributed by atoms with Gasteiger partial charge in [-0.2, -0.15) is 0 Å². The van der Waals surface area contributed by atoms with Gasteiger partial charge in [0, 0.05) is 17.3 Å². The van der Waals surface area contributed by atoms with Crippen LogP contribution >= 0.6 is 11.3 Å². The van der Waals surface area contributed by atoms with Crippen molar-refractivity contribution in [2.24, 2.45) is 4.99 Å². The zero-order valence-corrected chi connectivity index (χ0v) is 22.7. The SMILES string of the molecule is CCOC(=O)C1=C(C)N=c2s/c(=C\c3ccc(-c4ccc(C)c(N[O-])c4)o3)c(=O)n2C1c1ccc2c(c1)OCO2. The molecule has 0 spiro atoms. The Bertz CT molecular complexity index is 1860. The van der Waals surface area contributed by atoms with E-state index in [1.807, 2.05) is 24.5 Å². The van der Waals surface area contributed by atoms with Crippen LogP contribution in [0.2, 0.25) is 0 Å². The van der Waals surface area contributed by atoms with Crippen molar-refractivity contribution in [1.29, 1.82) is 0 Å². The van der Waals surface area contributed by atoms with Gasteiger partial charge < -0.3 is 29.3 Å². The number of thiazole rings is 1. The molecule has 0 aliphatic carbocycles. The van der Waals surface area contributed by atoms with Crippen molar-refractivity contribution in [1.82, 2.24) is 4.57 Å². The van der Waals surface area contributed by atoms with Crippen molar-refractivity contribution in [2.75, 3.05) is 18.9 Å².